The summed E-state index contributed by atoms with van der Waals surface area (Å²) in [5, 5.41) is 9.75. The highest BCUT2D eigenvalue weighted by molar-refractivity contribution is 6.15. The lowest BCUT2D eigenvalue weighted by atomic mass is 10.1. The third-order valence-corrected chi connectivity index (χ3v) is 3.78. The van der Waals surface area contributed by atoms with Crippen molar-refractivity contribution in [3.63, 3.8) is 0 Å². The van der Waals surface area contributed by atoms with Crippen molar-refractivity contribution in [2.75, 3.05) is 14.2 Å². The maximum Gasteiger partial charge on any atom is 0.231 e. The van der Waals surface area contributed by atoms with Crippen LogP contribution in [0.4, 0.5) is 0 Å². The second kappa shape index (κ2) is 5.68. The summed E-state index contributed by atoms with van der Waals surface area (Å²) in [7, 11) is 3.09. The van der Waals surface area contributed by atoms with Crippen molar-refractivity contribution in [1.29, 1.82) is 0 Å². The lowest BCUT2D eigenvalue weighted by molar-refractivity contribution is 0.101. The quantitative estimate of drug-likeness (QED) is 0.881. The molecule has 5 nitrogen and oxygen atoms in total. The summed E-state index contributed by atoms with van der Waals surface area (Å²) in [6.45, 7) is 1.70. The number of Topliss-reactive ketones (excluding diaryl/α,β-unsaturated/α-hetero) is 1. The third-order valence-electron chi connectivity index (χ3n) is 3.78. The van der Waals surface area contributed by atoms with Crippen molar-refractivity contribution < 1.29 is 24.1 Å². The molecule has 2 aromatic carbocycles. The molecule has 5 heteroatoms. The Morgan fingerprint density at radius 1 is 1.13 bits per heavy atom. The molecule has 1 aliphatic rings. The number of ether oxygens (including phenoxy) is 3. The molecule has 0 saturated heterocycles. The lowest BCUT2D eigenvalue weighted by Gasteiger charge is -2.10. The number of hydrogen-bond donors (Lipinski definition) is 1. The van der Waals surface area contributed by atoms with Gasteiger partial charge < -0.3 is 19.3 Å². The molecule has 0 radical (unpaired) electrons. The molecular formula is C18H16O5. The van der Waals surface area contributed by atoms with E-state index < -0.39 is 0 Å². The zero-order valence-corrected chi connectivity index (χ0v) is 13.0. The number of carbonyl (C=O) groups is 1. The van der Waals surface area contributed by atoms with Gasteiger partial charge in [-0.15, -0.1) is 0 Å². The minimum atomic E-state index is -0.229. The molecule has 0 saturated carbocycles. The molecule has 0 unspecified atom stereocenters. The summed E-state index contributed by atoms with van der Waals surface area (Å²) < 4.78 is 16.3. The molecular weight excluding hydrogens is 296 g/mol. The van der Waals surface area contributed by atoms with E-state index in [-0.39, 0.29) is 17.3 Å². The smallest absolute Gasteiger partial charge is 0.231 e. The van der Waals surface area contributed by atoms with Crippen molar-refractivity contribution in [1.82, 2.24) is 0 Å². The van der Waals surface area contributed by atoms with Crippen LogP contribution >= 0.6 is 0 Å². The van der Waals surface area contributed by atoms with Crippen LogP contribution in [0.15, 0.2) is 36.1 Å². The number of phenols is 1. The van der Waals surface area contributed by atoms with Crippen LogP contribution in [0.25, 0.3) is 6.08 Å². The second-order valence-electron chi connectivity index (χ2n) is 5.11. The Bertz CT molecular complexity index is 820. The normalized spacial score (nSPS) is 14.6. The number of fused-ring (bicyclic) bond motifs is 1. The number of allylic oxidation sites excluding steroid dienone is 1. The first-order chi connectivity index (χ1) is 11.1. The lowest BCUT2D eigenvalue weighted by Crippen LogP contribution is -1.99. The van der Waals surface area contributed by atoms with Gasteiger partial charge in [0.1, 0.15) is 11.5 Å². The SMILES string of the molecule is COc1cccc(/C=C2\Oc3c(ccc(O)c3C)C2=O)c1OC. The fourth-order valence-corrected chi connectivity index (χ4v) is 2.54. The van der Waals surface area contributed by atoms with Gasteiger partial charge in [-0.05, 0) is 31.2 Å². The molecule has 0 amide bonds. The maximum atomic E-state index is 12.5. The summed E-state index contributed by atoms with van der Waals surface area (Å²) in [5.41, 5.74) is 1.65. The molecule has 2 aromatic rings. The van der Waals surface area contributed by atoms with E-state index in [1.54, 1.807) is 44.4 Å². The number of rotatable bonds is 3. The Morgan fingerprint density at radius 3 is 2.61 bits per heavy atom. The Morgan fingerprint density at radius 2 is 1.91 bits per heavy atom. The fourth-order valence-electron chi connectivity index (χ4n) is 2.54. The van der Waals surface area contributed by atoms with E-state index in [2.05, 4.69) is 0 Å². The third kappa shape index (κ3) is 2.40. The molecule has 3 rings (SSSR count). The number of hydrogen-bond acceptors (Lipinski definition) is 5. The first-order valence-electron chi connectivity index (χ1n) is 7.04. The minimum Gasteiger partial charge on any atom is -0.508 e. The summed E-state index contributed by atoms with van der Waals surface area (Å²) in [6.07, 6.45) is 1.61. The predicted molar refractivity (Wildman–Crippen MR) is 85.3 cm³/mol. The van der Waals surface area contributed by atoms with Gasteiger partial charge in [0, 0.05) is 11.1 Å². The molecule has 0 bridgehead atoms. The minimum absolute atomic E-state index is 0.0942. The van der Waals surface area contributed by atoms with Crippen molar-refractivity contribution in [3.05, 3.63) is 52.8 Å². The molecule has 0 aromatic heterocycles. The van der Waals surface area contributed by atoms with E-state index in [1.807, 2.05) is 0 Å². The largest absolute Gasteiger partial charge is 0.508 e. The Balaban J connectivity index is 2.07. The topological polar surface area (TPSA) is 65.0 Å². The number of phenolic OH excluding ortho intramolecular Hbond substituents is 1. The van der Waals surface area contributed by atoms with Crippen LogP contribution in [-0.2, 0) is 0 Å². The summed E-state index contributed by atoms with van der Waals surface area (Å²) in [5.74, 6) is 1.53. The standard InChI is InChI=1S/C18H16O5/c1-10-13(19)8-7-12-16(20)15(23-17(10)12)9-11-5-4-6-14(21-2)18(11)22-3/h4-9,19H,1-3H3/b15-9-. The van der Waals surface area contributed by atoms with E-state index >= 15 is 0 Å². The zero-order valence-electron chi connectivity index (χ0n) is 13.0. The number of methoxy groups -OCH3 is 2. The molecule has 23 heavy (non-hydrogen) atoms. The number of aromatic hydroxyl groups is 1. The van der Waals surface area contributed by atoms with Crippen LogP contribution in [0, 0.1) is 6.92 Å². The molecule has 1 aliphatic heterocycles. The number of benzene rings is 2. The second-order valence-corrected chi connectivity index (χ2v) is 5.11. The molecule has 1 N–H and O–H groups in total. The molecule has 118 valence electrons. The van der Waals surface area contributed by atoms with Crippen molar-refractivity contribution in [2.24, 2.45) is 0 Å². The highest BCUT2D eigenvalue weighted by atomic mass is 16.5. The van der Waals surface area contributed by atoms with Crippen LogP contribution in [-0.4, -0.2) is 25.1 Å². The van der Waals surface area contributed by atoms with Crippen LogP contribution in [0.5, 0.6) is 23.0 Å². The number of carbonyl (C=O) groups excluding carboxylic acids is 1. The van der Waals surface area contributed by atoms with Crippen LogP contribution in [0.3, 0.4) is 0 Å². The molecule has 0 fully saturated rings. The van der Waals surface area contributed by atoms with E-state index in [1.165, 1.54) is 13.2 Å². The Labute approximate surface area is 133 Å². The average molecular weight is 312 g/mol. The Kier molecular flexibility index (Phi) is 3.70. The highest BCUT2D eigenvalue weighted by Gasteiger charge is 2.30. The molecule has 1 heterocycles. The summed E-state index contributed by atoms with van der Waals surface area (Å²) >= 11 is 0. The predicted octanol–water partition coefficient (Wildman–Crippen LogP) is 3.33. The van der Waals surface area contributed by atoms with E-state index in [0.717, 1.165) is 0 Å². The maximum absolute atomic E-state index is 12.5. The van der Waals surface area contributed by atoms with Gasteiger partial charge in [-0.25, -0.2) is 0 Å². The fraction of sp³-hybridized carbons (Fsp3) is 0.167. The van der Waals surface area contributed by atoms with Gasteiger partial charge >= 0.3 is 0 Å². The highest BCUT2D eigenvalue weighted by Crippen LogP contribution is 2.40. The van der Waals surface area contributed by atoms with Crippen molar-refractivity contribution in [2.45, 2.75) is 6.92 Å². The first-order valence-corrected chi connectivity index (χ1v) is 7.04. The van der Waals surface area contributed by atoms with Gasteiger partial charge in [-0.3, -0.25) is 4.79 Å². The first kappa shape index (κ1) is 15.0. The number of para-hydroxylation sites is 1. The van der Waals surface area contributed by atoms with E-state index in [4.69, 9.17) is 14.2 Å². The molecule has 0 aliphatic carbocycles. The average Bonchev–Trinajstić information content (AvgIpc) is 2.87. The van der Waals surface area contributed by atoms with Crippen LogP contribution in [0.1, 0.15) is 21.5 Å². The van der Waals surface area contributed by atoms with Gasteiger partial charge in [0.25, 0.3) is 0 Å². The van der Waals surface area contributed by atoms with Gasteiger partial charge in [-0.1, -0.05) is 12.1 Å². The van der Waals surface area contributed by atoms with E-state index in [0.29, 0.717) is 33.9 Å². The zero-order chi connectivity index (χ0) is 16.6. The Hall–Kier alpha value is -2.95. The van der Waals surface area contributed by atoms with E-state index in [9.17, 15) is 9.90 Å². The molecule has 0 atom stereocenters. The number of ketones is 1. The van der Waals surface area contributed by atoms with Crippen molar-refractivity contribution >= 4 is 11.9 Å². The summed E-state index contributed by atoms with van der Waals surface area (Å²) in [4.78, 5) is 12.5. The van der Waals surface area contributed by atoms with Gasteiger partial charge in [0.05, 0.1) is 19.8 Å². The monoisotopic (exact) mass is 312 g/mol. The van der Waals surface area contributed by atoms with Gasteiger partial charge in [0.2, 0.25) is 5.78 Å². The van der Waals surface area contributed by atoms with Crippen LogP contribution in [0.2, 0.25) is 0 Å². The van der Waals surface area contributed by atoms with Gasteiger partial charge in [-0.2, -0.15) is 0 Å². The summed E-state index contributed by atoms with van der Waals surface area (Å²) in [6, 6.07) is 8.43. The van der Waals surface area contributed by atoms with Gasteiger partial charge in [0.15, 0.2) is 17.3 Å². The van der Waals surface area contributed by atoms with Crippen molar-refractivity contribution in [3.8, 4) is 23.0 Å². The van der Waals surface area contributed by atoms with Crippen LogP contribution < -0.4 is 14.2 Å². The molecule has 0 spiro atoms.